The Bertz CT molecular complexity index is 1420. The summed E-state index contributed by atoms with van der Waals surface area (Å²) in [6.45, 7) is 2.79. The summed E-state index contributed by atoms with van der Waals surface area (Å²) in [5.74, 6) is -0.695. The number of hydrogen-bond donors (Lipinski definition) is 0. The molecule has 0 aliphatic carbocycles. The number of nitrogens with zero attached hydrogens (tertiary/aromatic N) is 2. The van der Waals surface area contributed by atoms with Gasteiger partial charge in [0.25, 0.3) is 10.0 Å². The lowest BCUT2D eigenvalue weighted by atomic mass is 9.97. The van der Waals surface area contributed by atoms with Crippen LogP contribution in [0.25, 0.3) is 0 Å². The standard InChI is InChI=1S/C27H26ClF3N2O3S2/c1-18(24-9-5-21(29)16-19(24)2-11-27(34)32-12-14-37-15-13-32)33(26-17-22(30)6-10-25(26)31)38(35,36)23-7-3-20(28)4-8-23/h3-10,16-18H,2,11-15H2,1H3/t18-/m1/s1. The Morgan fingerprint density at radius 1 is 1.00 bits per heavy atom. The lowest BCUT2D eigenvalue weighted by Crippen LogP contribution is -2.38. The summed E-state index contributed by atoms with van der Waals surface area (Å²) in [7, 11) is -4.44. The molecule has 38 heavy (non-hydrogen) atoms. The van der Waals surface area contributed by atoms with Gasteiger partial charge in [0, 0.05) is 42.1 Å². The lowest BCUT2D eigenvalue weighted by Gasteiger charge is -2.32. The minimum absolute atomic E-state index is 0.0741. The Morgan fingerprint density at radius 2 is 1.63 bits per heavy atom. The van der Waals surface area contributed by atoms with Gasteiger partial charge in [-0.2, -0.15) is 11.8 Å². The molecule has 1 amide bonds. The second kappa shape index (κ2) is 12.0. The predicted molar refractivity (Wildman–Crippen MR) is 145 cm³/mol. The number of rotatable bonds is 8. The third-order valence-corrected chi connectivity index (χ3v) is 9.49. The molecule has 1 fully saturated rings. The fourth-order valence-electron chi connectivity index (χ4n) is 4.46. The highest BCUT2D eigenvalue weighted by atomic mass is 35.5. The van der Waals surface area contributed by atoms with Crippen LogP contribution in [0.5, 0.6) is 0 Å². The summed E-state index contributed by atoms with van der Waals surface area (Å²) in [6.07, 6.45) is 0.256. The Hall–Kier alpha value is -2.69. The first kappa shape index (κ1) is 28.3. The van der Waals surface area contributed by atoms with Gasteiger partial charge in [-0.1, -0.05) is 17.7 Å². The summed E-state index contributed by atoms with van der Waals surface area (Å²) >= 11 is 7.70. The number of halogens is 4. The van der Waals surface area contributed by atoms with Crippen molar-refractivity contribution >= 4 is 45.0 Å². The number of anilines is 1. The Morgan fingerprint density at radius 3 is 2.32 bits per heavy atom. The molecule has 1 aliphatic rings. The van der Waals surface area contributed by atoms with Crippen LogP contribution in [0.15, 0.2) is 65.6 Å². The van der Waals surface area contributed by atoms with Gasteiger partial charge in [-0.3, -0.25) is 9.10 Å². The van der Waals surface area contributed by atoms with E-state index in [1.54, 1.807) is 16.7 Å². The van der Waals surface area contributed by atoms with E-state index >= 15 is 4.39 Å². The summed E-state index contributed by atoms with van der Waals surface area (Å²) < 4.78 is 72.0. The summed E-state index contributed by atoms with van der Waals surface area (Å²) in [6, 6.07) is 10.6. The molecule has 0 bridgehead atoms. The smallest absolute Gasteiger partial charge is 0.264 e. The first-order chi connectivity index (χ1) is 18.1. The van der Waals surface area contributed by atoms with Crippen molar-refractivity contribution in [3.05, 3.63) is 94.3 Å². The number of hydrogen-bond acceptors (Lipinski definition) is 4. The number of carbonyl (C=O) groups is 1. The first-order valence-electron chi connectivity index (χ1n) is 12.0. The number of thioether (sulfide) groups is 1. The number of benzene rings is 3. The summed E-state index contributed by atoms with van der Waals surface area (Å²) in [5.41, 5.74) is 0.282. The maximum absolute atomic E-state index is 15.0. The van der Waals surface area contributed by atoms with Crippen molar-refractivity contribution in [2.75, 3.05) is 28.9 Å². The molecule has 0 unspecified atom stereocenters. The quantitative estimate of drug-likeness (QED) is 0.316. The van der Waals surface area contributed by atoms with Gasteiger partial charge in [-0.05, 0) is 73.0 Å². The largest absolute Gasteiger partial charge is 0.341 e. The van der Waals surface area contributed by atoms with E-state index < -0.39 is 39.2 Å². The van der Waals surface area contributed by atoms with Crippen molar-refractivity contribution in [3.8, 4) is 0 Å². The highest BCUT2D eigenvalue weighted by Crippen LogP contribution is 2.37. The Kier molecular flexibility index (Phi) is 8.95. The van der Waals surface area contributed by atoms with Gasteiger partial charge >= 0.3 is 0 Å². The predicted octanol–water partition coefficient (Wildman–Crippen LogP) is 6.22. The van der Waals surface area contributed by atoms with E-state index in [0.717, 1.165) is 34.0 Å². The zero-order valence-corrected chi connectivity index (χ0v) is 22.9. The van der Waals surface area contributed by atoms with Gasteiger partial charge in [0.15, 0.2) is 0 Å². The van der Waals surface area contributed by atoms with Crippen LogP contribution in [0.4, 0.5) is 18.9 Å². The van der Waals surface area contributed by atoms with Crippen LogP contribution in [-0.2, 0) is 21.2 Å². The molecule has 0 aromatic heterocycles. The van der Waals surface area contributed by atoms with Crippen LogP contribution >= 0.6 is 23.4 Å². The molecule has 3 aromatic rings. The second-order valence-corrected chi connectivity index (χ2v) is 12.3. The van der Waals surface area contributed by atoms with Gasteiger partial charge in [0.05, 0.1) is 16.6 Å². The van der Waals surface area contributed by atoms with Crippen LogP contribution in [0.3, 0.4) is 0 Å². The number of sulfonamides is 1. The molecule has 0 radical (unpaired) electrons. The highest BCUT2D eigenvalue weighted by molar-refractivity contribution is 7.99. The summed E-state index contributed by atoms with van der Waals surface area (Å²) in [4.78, 5) is 14.3. The molecule has 0 spiro atoms. The number of amides is 1. The Labute approximate surface area is 229 Å². The van der Waals surface area contributed by atoms with Crippen LogP contribution in [0, 0.1) is 17.5 Å². The molecular formula is C27H26ClF3N2O3S2. The van der Waals surface area contributed by atoms with E-state index in [9.17, 15) is 22.0 Å². The molecular weight excluding hydrogens is 557 g/mol. The SMILES string of the molecule is C[C@H](c1ccc(F)cc1CCC(=O)N1CCSCC1)N(c1cc(F)ccc1F)S(=O)(=O)c1ccc(Cl)cc1. The van der Waals surface area contributed by atoms with Crippen LogP contribution in [0.1, 0.15) is 30.5 Å². The average Bonchev–Trinajstić information content (AvgIpc) is 2.90. The van der Waals surface area contributed by atoms with Crippen molar-refractivity contribution < 1.29 is 26.4 Å². The van der Waals surface area contributed by atoms with Crippen LogP contribution < -0.4 is 4.31 Å². The zero-order chi connectivity index (χ0) is 27.4. The molecule has 1 aliphatic heterocycles. The molecule has 0 N–H and O–H groups in total. The number of carbonyl (C=O) groups excluding carboxylic acids is 1. The van der Waals surface area contributed by atoms with Gasteiger partial charge in [-0.25, -0.2) is 21.6 Å². The van der Waals surface area contributed by atoms with Crippen LogP contribution in [0.2, 0.25) is 5.02 Å². The lowest BCUT2D eigenvalue weighted by molar-refractivity contribution is -0.130. The second-order valence-electron chi connectivity index (χ2n) is 8.86. The molecule has 202 valence electrons. The molecule has 1 saturated heterocycles. The zero-order valence-electron chi connectivity index (χ0n) is 20.5. The van der Waals surface area contributed by atoms with Gasteiger partial charge < -0.3 is 4.90 Å². The molecule has 1 atom stereocenters. The molecule has 3 aromatic carbocycles. The molecule has 11 heteroatoms. The van der Waals surface area contributed by atoms with E-state index in [1.165, 1.54) is 49.4 Å². The topological polar surface area (TPSA) is 57.7 Å². The maximum atomic E-state index is 15.0. The van der Waals surface area contributed by atoms with E-state index in [1.807, 2.05) is 0 Å². The normalized spacial score (nSPS) is 14.8. The molecule has 5 nitrogen and oxygen atoms in total. The van der Waals surface area contributed by atoms with Crippen molar-refractivity contribution in [1.29, 1.82) is 0 Å². The third-order valence-electron chi connectivity index (χ3n) is 6.39. The van der Waals surface area contributed by atoms with Gasteiger partial charge in [-0.15, -0.1) is 0 Å². The highest BCUT2D eigenvalue weighted by Gasteiger charge is 2.34. The molecule has 0 saturated carbocycles. The van der Waals surface area contributed by atoms with Crippen molar-refractivity contribution in [1.82, 2.24) is 4.90 Å². The van der Waals surface area contributed by atoms with Gasteiger partial charge in [0.2, 0.25) is 5.91 Å². The minimum atomic E-state index is -4.44. The van der Waals surface area contributed by atoms with Crippen molar-refractivity contribution in [2.24, 2.45) is 0 Å². The first-order valence-corrected chi connectivity index (χ1v) is 14.9. The molecule has 4 rings (SSSR count). The minimum Gasteiger partial charge on any atom is -0.341 e. The van der Waals surface area contributed by atoms with E-state index in [4.69, 9.17) is 11.6 Å². The fraction of sp³-hybridized carbons (Fsp3) is 0.296. The van der Waals surface area contributed by atoms with E-state index in [-0.39, 0.29) is 23.6 Å². The van der Waals surface area contributed by atoms with Gasteiger partial charge in [0.1, 0.15) is 17.5 Å². The van der Waals surface area contributed by atoms with Crippen molar-refractivity contribution in [2.45, 2.75) is 30.7 Å². The monoisotopic (exact) mass is 582 g/mol. The third kappa shape index (κ3) is 6.30. The maximum Gasteiger partial charge on any atom is 0.264 e. The van der Waals surface area contributed by atoms with E-state index in [2.05, 4.69) is 0 Å². The number of aryl methyl sites for hydroxylation is 1. The molecule has 1 heterocycles. The van der Waals surface area contributed by atoms with E-state index in [0.29, 0.717) is 29.2 Å². The van der Waals surface area contributed by atoms with Crippen LogP contribution in [-0.4, -0.2) is 43.8 Å². The summed E-state index contributed by atoms with van der Waals surface area (Å²) in [5, 5.41) is 0.304. The van der Waals surface area contributed by atoms with Crippen molar-refractivity contribution in [3.63, 3.8) is 0 Å². The average molecular weight is 583 g/mol. The Balaban J connectivity index is 1.75. The fourth-order valence-corrected chi connectivity index (χ4v) is 7.12.